The molecule has 0 bridgehead atoms. The second-order valence-corrected chi connectivity index (χ2v) is 20.2. The van der Waals surface area contributed by atoms with Crippen LogP contribution in [-0.4, -0.2) is 37.2 Å². The molecule has 0 rings (SSSR count). The van der Waals surface area contributed by atoms with Gasteiger partial charge in [-0.1, -0.05) is 251 Å². The first-order valence-corrected chi connectivity index (χ1v) is 31.0. The normalized spacial score (nSPS) is 12.9. The average Bonchev–Trinajstić information content (AvgIpc) is 3.41. The number of hydrogen-bond acceptors (Lipinski definition) is 6. The molecule has 426 valence electrons. The Labute approximate surface area is 462 Å². The number of rotatable bonds is 55. The SMILES string of the molecule is CC/C=C\C/C=C\C/C=C\C/C=C\C/C=C\CCCC(=O)OC[C@H](COC(=O)CCCCCCCCCCCCC/C=C\CCCCCCCC)OC(=O)CCCCC/C=C\C/C=C\C/C=C\C/C=C\CCCCC. The monoisotopic (exact) mass is 1040 g/mol. The van der Waals surface area contributed by atoms with E-state index in [0.717, 1.165) is 96.3 Å². The fourth-order valence-electron chi connectivity index (χ4n) is 8.28. The minimum absolute atomic E-state index is 0.111. The lowest BCUT2D eigenvalue weighted by molar-refractivity contribution is -0.167. The Kier molecular flexibility index (Phi) is 58.9. The number of carbonyl (C=O) groups excluding carboxylic acids is 3. The number of carbonyl (C=O) groups is 3. The number of allylic oxidation sites excluding steroid dienone is 20. The van der Waals surface area contributed by atoms with Crippen LogP contribution in [-0.2, 0) is 28.6 Å². The fourth-order valence-corrected chi connectivity index (χ4v) is 8.28. The fraction of sp³-hybridized carbons (Fsp3) is 0.667. The Morgan fingerprint density at radius 2 is 0.533 bits per heavy atom. The van der Waals surface area contributed by atoms with Crippen LogP contribution in [0.25, 0.3) is 0 Å². The average molecular weight is 1040 g/mol. The van der Waals surface area contributed by atoms with Gasteiger partial charge in [-0.25, -0.2) is 0 Å². The zero-order chi connectivity index (χ0) is 54.3. The predicted octanol–water partition coefficient (Wildman–Crippen LogP) is 21.2. The smallest absolute Gasteiger partial charge is 0.306 e. The van der Waals surface area contributed by atoms with Crippen molar-refractivity contribution in [1.82, 2.24) is 0 Å². The molecule has 0 unspecified atom stereocenters. The summed E-state index contributed by atoms with van der Waals surface area (Å²) in [6.07, 6.45) is 86.3. The van der Waals surface area contributed by atoms with Crippen LogP contribution < -0.4 is 0 Å². The van der Waals surface area contributed by atoms with E-state index in [2.05, 4.69) is 142 Å². The van der Waals surface area contributed by atoms with Gasteiger partial charge < -0.3 is 14.2 Å². The molecule has 6 heteroatoms. The highest BCUT2D eigenvalue weighted by Gasteiger charge is 2.19. The molecule has 0 N–H and O–H groups in total. The Hall–Kier alpha value is -4.19. The van der Waals surface area contributed by atoms with E-state index in [1.807, 2.05) is 0 Å². The van der Waals surface area contributed by atoms with Crippen molar-refractivity contribution in [2.75, 3.05) is 13.2 Å². The van der Waals surface area contributed by atoms with Gasteiger partial charge in [-0.3, -0.25) is 14.4 Å². The van der Waals surface area contributed by atoms with Crippen LogP contribution >= 0.6 is 0 Å². The van der Waals surface area contributed by atoms with Crippen LogP contribution in [0.15, 0.2) is 122 Å². The van der Waals surface area contributed by atoms with Crippen molar-refractivity contribution in [2.45, 2.75) is 284 Å². The highest BCUT2D eigenvalue weighted by molar-refractivity contribution is 5.71. The molecule has 0 aromatic carbocycles. The predicted molar refractivity (Wildman–Crippen MR) is 325 cm³/mol. The molecule has 0 heterocycles. The number of ether oxygens (including phenoxy) is 3. The van der Waals surface area contributed by atoms with Crippen LogP contribution in [0, 0.1) is 0 Å². The molecule has 0 aliphatic carbocycles. The van der Waals surface area contributed by atoms with Crippen molar-refractivity contribution in [3.05, 3.63) is 122 Å². The van der Waals surface area contributed by atoms with E-state index >= 15 is 0 Å². The summed E-state index contributed by atoms with van der Waals surface area (Å²) in [5, 5.41) is 0. The van der Waals surface area contributed by atoms with E-state index in [0.29, 0.717) is 19.3 Å². The highest BCUT2D eigenvalue weighted by Crippen LogP contribution is 2.15. The van der Waals surface area contributed by atoms with E-state index < -0.39 is 6.10 Å². The van der Waals surface area contributed by atoms with Gasteiger partial charge in [0.2, 0.25) is 0 Å². The van der Waals surface area contributed by atoms with Gasteiger partial charge in [-0.05, 0) is 128 Å². The van der Waals surface area contributed by atoms with E-state index in [4.69, 9.17) is 14.2 Å². The van der Waals surface area contributed by atoms with Crippen LogP contribution in [0.1, 0.15) is 278 Å². The maximum Gasteiger partial charge on any atom is 0.306 e. The van der Waals surface area contributed by atoms with Crippen molar-refractivity contribution >= 4 is 17.9 Å². The number of esters is 3. The Morgan fingerprint density at radius 1 is 0.280 bits per heavy atom. The largest absolute Gasteiger partial charge is 0.462 e. The molecule has 0 saturated heterocycles. The van der Waals surface area contributed by atoms with Gasteiger partial charge in [0.15, 0.2) is 6.10 Å². The molecule has 0 aromatic heterocycles. The standard InChI is InChI=1S/C69H114O6/c1-4-7-10-13-16-19-22-25-28-31-33-34-36-38-41-44-47-50-53-56-59-62-68(71)74-65-66(64-73-67(70)61-58-55-52-49-46-43-40-37-30-27-24-21-18-15-12-9-6-3)75-69(72)63-60-57-54-51-48-45-42-39-35-32-29-26-23-20-17-14-11-8-5-2/h9,12,17-18,20-21,25-30,35,39-40,43,45,48-49,52,66H,4-8,10-11,13-16,19,22-24,31-34,36-38,41-42,44,46-47,50-51,53-65H2,1-3H3/b12-9-,20-17-,21-18-,28-25-,29-26-,30-27-,39-35-,43-40-,48-45-,52-49-/t66-/m1/s1. The Bertz CT molecular complexity index is 1570. The zero-order valence-corrected chi connectivity index (χ0v) is 48.8. The van der Waals surface area contributed by atoms with Crippen molar-refractivity contribution in [3.63, 3.8) is 0 Å². The molecule has 0 amide bonds. The molecule has 0 saturated carbocycles. The van der Waals surface area contributed by atoms with Crippen molar-refractivity contribution in [2.24, 2.45) is 0 Å². The summed E-state index contributed by atoms with van der Waals surface area (Å²) >= 11 is 0. The summed E-state index contributed by atoms with van der Waals surface area (Å²) in [7, 11) is 0. The van der Waals surface area contributed by atoms with E-state index in [9.17, 15) is 14.4 Å². The number of hydrogen-bond donors (Lipinski definition) is 0. The van der Waals surface area contributed by atoms with E-state index in [1.54, 1.807) is 0 Å². The van der Waals surface area contributed by atoms with Gasteiger partial charge in [-0.2, -0.15) is 0 Å². The molecular weight excluding hydrogens is 925 g/mol. The van der Waals surface area contributed by atoms with Gasteiger partial charge in [-0.15, -0.1) is 0 Å². The van der Waals surface area contributed by atoms with Crippen molar-refractivity contribution in [1.29, 1.82) is 0 Å². The molecule has 0 aliphatic rings. The van der Waals surface area contributed by atoms with Crippen molar-refractivity contribution < 1.29 is 28.6 Å². The Balaban J connectivity index is 4.51. The lowest BCUT2D eigenvalue weighted by atomic mass is 10.0. The minimum atomic E-state index is -0.823. The van der Waals surface area contributed by atoms with E-state index in [1.165, 1.54) is 128 Å². The molecule has 75 heavy (non-hydrogen) atoms. The molecule has 1 atom stereocenters. The summed E-state index contributed by atoms with van der Waals surface area (Å²) in [5.74, 6) is -1.00. The molecule has 0 aliphatic heterocycles. The van der Waals surface area contributed by atoms with Crippen LogP contribution in [0.5, 0.6) is 0 Å². The quantitative estimate of drug-likeness (QED) is 0.0261. The summed E-state index contributed by atoms with van der Waals surface area (Å²) in [6.45, 7) is 6.43. The Morgan fingerprint density at radius 3 is 0.920 bits per heavy atom. The van der Waals surface area contributed by atoms with Crippen LogP contribution in [0.4, 0.5) is 0 Å². The van der Waals surface area contributed by atoms with Gasteiger partial charge in [0, 0.05) is 19.3 Å². The maximum absolute atomic E-state index is 12.9. The molecule has 0 aromatic rings. The number of unbranched alkanes of at least 4 members (excludes halogenated alkanes) is 24. The first-order valence-electron chi connectivity index (χ1n) is 31.0. The summed E-state index contributed by atoms with van der Waals surface area (Å²) in [6, 6.07) is 0. The molecular formula is C69H114O6. The third kappa shape index (κ3) is 60.6. The van der Waals surface area contributed by atoms with E-state index in [-0.39, 0.29) is 44.0 Å². The van der Waals surface area contributed by atoms with Crippen LogP contribution in [0.2, 0.25) is 0 Å². The second-order valence-electron chi connectivity index (χ2n) is 20.2. The van der Waals surface area contributed by atoms with Crippen LogP contribution in [0.3, 0.4) is 0 Å². The first kappa shape index (κ1) is 70.8. The first-order chi connectivity index (χ1) is 37.0. The van der Waals surface area contributed by atoms with Gasteiger partial charge in [0.1, 0.15) is 13.2 Å². The maximum atomic E-state index is 12.9. The summed E-state index contributed by atoms with van der Waals surface area (Å²) in [5.41, 5.74) is 0. The third-order valence-electron chi connectivity index (χ3n) is 12.9. The second kappa shape index (κ2) is 62.4. The lowest BCUT2D eigenvalue weighted by Crippen LogP contribution is -2.30. The molecule has 0 fully saturated rings. The highest BCUT2D eigenvalue weighted by atomic mass is 16.6. The van der Waals surface area contributed by atoms with Gasteiger partial charge in [0.05, 0.1) is 0 Å². The summed E-state index contributed by atoms with van der Waals surface area (Å²) in [4.78, 5) is 38.3. The lowest BCUT2D eigenvalue weighted by Gasteiger charge is -2.18. The van der Waals surface area contributed by atoms with Gasteiger partial charge >= 0.3 is 17.9 Å². The van der Waals surface area contributed by atoms with Crippen molar-refractivity contribution in [3.8, 4) is 0 Å². The molecule has 0 radical (unpaired) electrons. The zero-order valence-electron chi connectivity index (χ0n) is 48.8. The third-order valence-corrected chi connectivity index (χ3v) is 12.9. The molecule has 0 spiro atoms. The topological polar surface area (TPSA) is 78.9 Å². The summed E-state index contributed by atoms with van der Waals surface area (Å²) < 4.78 is 16.8. The minimum Gasteiger partial charge on any atom is -0.462 e. The van der Waals surface area contributed by atoms with Gasteiger partial charge in [0.25, 0.3) is 0 Å². The molecule has 6 nitrogen and oxygen atoms in total.